The quantitative estimate of drug-likeness (QED) is 0.605. The third-order valence-electron chi connectivity index (χ3n) is 2.88. The Morgan fingerprint density at radius 2 is 2.00 bits per heavy atom. The molecule has 0 bridgehead atoms. The van der Waals surface area contributed by atoms with Gasteiger partial charge in [0.2, 0.25) is 6.08 Å². The van der Waals surface area contributed by atoms with Crippen molar-refractivity contribution in [3.8, 4) is 5.75 Å². The number of aliphatic imine (C=N–C) groups is 1. The Morgan fingerprint density at radius 1 is 1.33 bits per heavy atom. The minimum absolute atomic E-state index is 0.0278. The molecule has 0 amide bonds. The average Bonchev–Trinajstić information content (AvgIpc) is 2.27. The summed E-state index contributed by atoms with van der Waals surface area (Å²) in [5.41, 5.74) is 3.52. The van der Waals surface area contributed by atoms with Crippen LogP contribution in [0.2, 0.25) is 0 Å². The third-order valence-corrected chi connectivity index (χ3v) is 2.88. The molecule has 98 valence electrons. The monoisotopic (exact) mass is 247 g/mol. The van der Waals surface area contributed by atoms with E-state index in [0.29, 0.717) is 13.0 Å². The number of aryl methyl sites for hydroxylation is 1. The van der Waals surface area contributed by atoms with Gasteiger partial charge in [0, 0.05) is 5.56 Å². The molecule has 0 N–H and O–H groups in total. The number of isocyanates is 1. The molecule has 0 unspecified atom stereocenters. The van der Waals surface area contributed by atoms with Crippen LogP contribution in [0.4, 0.5) is 0 Å². The Morgan fingerprint density at radius 3 is 2.50 bits per heavy atom. The van der Waals surface area contributed by atoms with E-state index in [1.165, 1.54) is 11.1 Å². The number of hydrogen-bond acceptors (Lipinski definition) is 3. The highest BCUT2D eigenvalue weighted by Crippen LogP contribution is 2.35. The lowest BCUT2D eigenvalue weighted by Gasteiger charge is -2.24. The summed E-state index contributed by atoms with van der Waals surface area (Å²) in [6.45, 7) is 9.01. The first-order valence-corrected chi connectivity index (χ1v) is 6.11. The van der Waals surface area contributed by atoms with E-state index in [0.717, 1.165) is 11.3 Å². The molecule has 3 heteroatoms. The number of rotatable bonds is 4. The second-order valence-corrected chi connectivity index (χ2v) is 5.48. The van der Waals surface area contributed by atoms with Gasteiger partial charge in [-0.3, -0.25) is 0 Å². The summed E-state index contributed by atoms with van der Waals surface area (Å²) in [5, 5.41) is 0. The fourth-order valence-electron chi connectivity index (χ4n) is 2.05. The number of carbonyl (C=O) groups excluding carboxylic acids is 1. The highest BCUT2D eigenvalue weighted by molar-refractivity contribution is 5.48. The topological polar surface area (TPSA) is 38.7 Å². The van der Waals surface area contributed by atoms with Gasteiger partial charge in [-0.15, -0.1) is 0 Å². The Bertz CT molecular complexity index is 466. The number of hydrogen-bond donors (Lipinski definition) is 0. The van der Waals surface area contributed by atoms with Gasteiger partial charge in [0.25, 0.3) is 0 Å². The van der Waals surface area contributed by atoms with Crippen LogP contribution in [0.15, 0.2) is 17.1 Å². The normalized spacial score (nSPS) is 10.9. The number of ether oxygens (including phenoxy) is 1. The van der Waals surface area contributed by atoms with Gasteiger partial charge in [0.15, 0.2) is 0 Å². The van der Waals surface area contributed by atoms with Crippen molar-refractivity contribution in [2.24, 2.45) is 4.99 Å². The molecule has 0 radical (unpaired) electrons. The summed E-state index contributed by atoms with van der Waals surface area (Å²) in [7, 11) is 1.69. The van der Waals surface area contributed by atoms with E-state index in [1.54, 1.807) is 13.2 Å². The number of nitrogens with zero attached hydrogens (tertiary/aromatic N) is 1. The SMILES string of the molecule is COc1c(CCN=C=O)cc(C)cc1C(C)(C)C. The van der Waals surface area contributed by atoms with Crippen molar-refractivity contribution in [1.82, 2.24) is 0 Å². The van der Waals surface area contributed by atoms with Gasteiger partial charge in [-0.25, -0.2) is 9.79 Å². The van der Waals surface area contributed by atoms with Crippen LogP contribution >= 0.6 is 0 Å². The molecule has 0 heterocycles. The van der Waals surface area contributed by atoms with E-state index >= 15 is 0 Å². The molecular weight excluding hydrogens is 226 g/mol. The van der Waals surface area contributed by atoms with Crippen molar-refractivity contribution in [2.75, 3.05) is 13.7 Å². The molecule has 0 aliphatic carbocycles. The first-order chi connectivity index (χ1) is 8.40. The third kappa shape index (κ3) is 3.44. The largest absolute Gasteiger partial charge is 0.496 e. The maximum absolute atomic E-state index is 10.1. The standard InChI is InChI=1S/C15H21NO2/c1-11-8-12(6-7-16-10-17)14(18-5)13(9-11)15(2,3)4/h8-9H,6-7H2,1-5H3. The summed E-state index contributed by atoms with van der Waals surface area (Å²) in [6, 6.07) is 4.25. The van der Waals surface area contributed by atoms with Gasteiger partial charge in [0.05, 0.1) is 13.7 Å². The molecule has 1 aromatic carbocycles. The van der Waals surface area contributed by atoms with Crippen molar-refractivity contribution >= 4 is 6.08 Å². The van der Waals surface area contributed by atoms with Gasteiger partial charge >= 0.3 is 0 Å². The summed E-state index contributed by atoms with van der Waals surface area (Å²) < 4.78 is 5.55. The van der Waals surface area contributed by atoms with Crippen LogP contribution in [0.5, 0.6) is 5.75 Å². The van der Waals surface area contributed by atoms with E-state index in [2.05, 4.69) is 44.8 Å². The van der Waals surface area contributed by atoms with Gasteiger partial charge in [0.1, 0.15) is 5.75 Å². The van der Waals surface area contributed by atoms with Crippen molar-refractivity contribution in [2.45, 2.75) is 39.5 Å². The maximum Gasteiger partial charge on any atom is 0.234 e. The Hall–Kier alpha value is -1.60. The second kappa shape index (κ2) is 5.83. The molecule has 0 aliphatic rings. The summed E-state index contributed by atoms with van der Waals surface area (Å²) in [6.07, 6.45) is 2.27. The average molecular weight is 247 g/mol. The predicted octanol–water partition coefficient (Wildman–Crippen LogP) is 3.18. The first-order valence-electron chi connectivity index (χ1n) is 6.11. The zero-order valence-corrected chi connectivity index (χ0v) is 11.8. The second-order valence-electron chi connectivity index (χ2n) is 5.48. The van der Waals surface area contributed by atoms with Crippen LogP contribution in [-0.2, 0) is 16.6 Å². The lowest BCUT2D eigenvalue weighted by molar-refractivity contribution is 0.392. The molecule has 0 spiro atoms. The van der Waals surface area contributed by atoms with E-state index in [9.17, 15) is 4.79 Å². The summed E-state index contributed by atoms with van der Waals surface area (Å²) >= 11 is 0. The minimum Gasteiger partial charge on any atom is -0.496 e. The van der Waals surface area contributed by atoms with Crippen molar-refractivity contribution in [1.29, 1.82) is 0 Å². The van der Waals surface area contributed by atoms with Crippen molar-refractivity contribution in [3.63, 3.8) is 0 Å². The van der Waals surface area contributed by atoms with Crippen LogP contribution in [-0.4, -0.2) is 19.7 Å². The van der Waals surface area contributed by atoms with Crippen LogP contribution < -0.4 is 4.74 Å². The van der Waals surface area contributed by atoms with E-state index in [1.807, 2.05) is 0 Å². The van der Waals surface area contributed by atoms with Gasteiger partial charge < -0.3 is 4.74 Å². The minimum atomic E-state index is 0.0278. The highest BCUT2D eigenvalue weighted by atomic mass is 16.5. The number of benzene rings is 1. The van der Waals surface area contributed by atoms with Gasteiger partial charge in [-0.2, -0.15) is 0 Å². The van der Waals surface area contributed by atoms with Crippen LogP contribution in [0.1, 0.15) is 37.5 Å². The van der Waals surface area contributed by atoms with Crippen molar-refractivity contribution in [3.05, 3.63) is 28.8 Å². The fraction of sp³-hybridized carbons (Fsp3) is 0.533. The molecule has 0 saturated carbocycles. The van der Waals surface area contributed by atoms with Crippen LogP contribution in [0.3, 0.4) is 0 Å². The summed E-state index contributed by atoms with van der Waals surface area (Å²) in [4.78, 5) is 13.7. The molecule has 1 aromatic rings. The predicted molar refractivity (Wildman–Crippen MR) is 73.1 cm³/mol. The van der Waals surface area contributed by atoms with E-state index in [4.69, 9.17) is 4.74 Å². The molecule has 3 nitrogen and oxygen atoms in total. The zero-order valence-electron chi connectivity index (χ0n) is 11.8. The van der Waals surface area contributed by atoms with Crippen LogP contribution in [0.25, 0.3) is 0 Å². The molecule has 0 fully saturated rings. The number of methoxy groups -OCH3 is 1. The fourth-order valence-corrected chi connectivity index (χ4v) is 2.05. The summed E-state index contributed by atoms with van der Waals surface area (Å²) in [5.74, 6) is 0.911. The van der Waals surface area contributed by atoms with E-state index in [-0.39, 0.29) is 5.41 Å². The maximum atomic E-state index is 10.1. The Kier molecular flexibility index (Phi) is 4.69. The molecule has 18 heavy (non-hydrogen) atoms. The Balaban J connectivity index is 3.24. The van der Waals surface area contributed by atoms with Crippen LogP contribution in [0, 0.1) is 6.92 Å². The molecule has 0 saturated heterocycles. The smallest absolute Gasteiger partial charge is 0.234 e. The molecule has 1 rings (SSSR count). The zero-order chi connectivity index (χ0) is 13.8. The lowest BCUT2D eigenvalue weighted by atomic mass is 9.83. The Labute approximate surface area is 109 Å². The molecular formula is C15H21NO2. The van der Waals surface area contributed by atoms with Gasteiger partial charge in [-0.1, -0.05) is 38.5 Å². The van der Waals surface area contributed by atoms with E-state index < -0.39 is 0 Å². The lowest BCUT2D eigenvalue weighted by Crippen LogP contribution is -2.14. The highest BCUT2D eigenvalue weighted by Gasteiger charge is 2.21. The molecule has 0 atom stereocenters. The van der Waals surface area contributed by atoms with Gasteiger partial charge in [-0.05, 0) is 24.3 Å². The molecule has 0 aliphatic heterocycles. The first kappa shape index (κ1) is 14.5. The molecule has 0 aromatic heterocycles. The van der Waals surface area contributed by atoms with Crippen molar-refractivity contribution < 1.29 is 9.53 Å².